The molecule has 2 aromatic rings. The maximum absolute atomic E-state index is 12.5. The molecule has 1 atom stereocenters. The van der Waals surface area contributed by atoms with E-state index in [0.29, 0.717) is 10.7 Å². The van der Waals surface area contributed by atoms with Crippen molar-refractivity contribution in [2.45, 2.75) is 17.4 Å². The number of para-hydroxylation sites is 1. The van der Waals surface area contributed by atoms with Gasteiger partial charge >= 0.3 is 0 Å². The fourth-order valence-electron chi connectivity index (χ4n) is 2.74. The summed E-state index contributed by atoms with van der Waals surface area (Å²) in [6.45, 7) is 0. The first-order valence-electron chi connectivity index (χ1n) is 8.05. The van der Waals surface area contributed by atoms with Crippen LogP contribution in [-0.2, 0) is 19.9 Å². The lowest BCUT2D eigenvalue weighted by atomic mass is 10.2. The van der Waals surface area contributed by atoms with Gasteiger partial charge in [0.1, 0.15) is 0 Å². The molecule has 0 aliphatic carbocycles. The zero-order valence-corrected chi connectivity index (χ0v) is 16.4. The Morgan fingerprint density at radius 1 is 1.11 bits per heavy atom. The SMILES string of the molecule is O=C(Nc1ccccc1Cl)c1cccc(S(=O)(=O)NC2CCS(=O)(=O)C2)c1. The van der Waals surface area contributed by atoms with Crippen molar-refractivity contribution in [2.24, 2.45) is 0 Å². The lowest BCUT2D eigenvalue weighted by Gasteiger charge is -2.12. The molecule has 0 radical (unpaired) electrons. The molecular weight excluding hydrogens is 412 g/mol. The summed E-state index contributed by atoms with van der Waals surface area (Å²) in [6, 6.07) is 11.5. The monoisotopic (exact) mass is 428 g/mol. The minimum Gasteiger partial charge on any atom is -0.321 e. The minimum absolute atomic E-state index is 0.0412. The van der Waals surface area contributed by atoms with E-state index in [0.717, 1.165) is 0 Å². The van der Waals surface area contributed by atoms with Crippen LogP contribution in [0.3, 0.4) is 0 Å². The molecule has 27 heavy (non-hydrogen) atoms. The van der Waals surface area contributed by atoms with Crippen LogP contribution in [-0.4, -0.2) is 40.3 Å². The van der Waals surface area contributed by atoms with Crippen LogP contribution in [0, 0.1) is 0 Å². The van der Waals surface area contributed by atoms with E-state index in [9.17, 15) is 21.6 Å². The summed E-state index contributed by atoms with van der Waals surface area (Å²) in [5.41, 5.74) is 0.545. The average molecular weight is 429 g/mol. The molecule has 0 aromatic heterocycles. The van der Waals surface area contributed by atoms with Gasteiger partial charge in [-0.15, -0.1) is 0 Å². The van der Waals surface area contributed by atoms with Crippen LogP contribution < -0.4 is 10.0 Å². The minimum atomic E-state index is -3.95. The van der Waals surface area contributed by atoms with Gasteiger partial charge in [0, 0.05) is 11.6 Å². The van der Waals surface area contributed by atoms with Crippen molar-refractivity contribution in [3.63, 3.8) is 0 Å². The number of hydrogen-bond donors (Lipinski definition) is 2. The largest absolute Gasteiger partial charge is 0.321 e. The number of sulfone groups is 1. The molecule has 1 saturated heterocycles. The first kappa shape index (κ1) is 19.8. The van der Waals surface area contributed by atoms with Crippen molar-refractivity contribution in [1.29, 1.82) is 0 Å². The number of carbonyl (C=O) groups is 1. The van der Waals surface area contributed by atoms with E-state index in [1.54, 1.807) is 24.3 Å². The third-order valence-corrected chi connectivity index (χ3v) is 7.70. The van der Waals surface area contributed by atoms with E-state index >= 15 is 0 Å². The van der Waals surface area contributed by atoms with E-state index in [1.165, 1.54) is 24.3 Å². The number of halogens is 1. The smallest absolute Gasteiger partial charge is 0.255 e. The van der Waals surface area contributed by atoms with Crippen molar-refractivity contribution in [3.8, 4) is 0 Å². The first-order valence-corrected chi connectivity index (χ1v) is 11.7. The van der Waals surface area contributed by atoms with E-state index in [2.05, 4.69) is 10.0 Å². The van der Waals surface area contributed by atoms with Crippen molar-refractivity contribution >= 4 is 43.1 Å². The van der Waals surface area contributed by atoms with Crippen LogP contribution in [0.2, 0.25) is 5.02 Å². The van der Waals surface area contributed by atoms with Crippen LogP contribution in [0.1, 0.15) is 16.8 Å². The maximum atomic E-state index is 12.5. The third kappa shape index (κ3) is 4.86. The Kier molecular flexibility index (Phi) is 5.57. The highest BCUT2D eigenvalue weighted by atomic mass is 35.5. The van der Waals surface area contributed by atoms with Gasteiger partial charge in [0.15, 0.2) is 9.84 Å². The van der Waals surface area contributed by atoms with Gasteiger partial charge in [-0.3, -0.25) is 4.79 Å². The fourth-order valence-corrected chi connectivity index (χ4v) is 6.01. The van der Waals surface area contributed by atoms with Gasteiger partial charge < -0.3 is 5.32 Å². The van der Waals surface area contributed by atoms with Crippen molar-refractivity contribution in [2.75, 3.05) is 16.8 Å². The summed E-state index contributed by atoms with van der Waals surface area (Å²) in [5.74, 6) is -0.775. The van der Waals surface area contributed by atoms with Crippen LogP contribution in [0.25, 0.3) is 0 Å². The third-order valence-electron chi connectivity index (χ3n) is 4.08. The maximum Gasteiger partial charge on any atom is 0.255 e. The second-order valence-corrected chi connectivity index (χ2v) is 10.5. The number of rotatable bonds is 5. The van der Waals surface area contributed by atoms with Crippen molar-refractivity contribution in [1.82, 2.24) is 4.72 Å². The molecule has 3 rings (SSSR count). The molecule has 1 heterocycles. The first-order chi connectivity index (χ1) is 12.7. The number of benzene rings is 2. The molecule has 0 spiro atoms. The van der Waals surface area contributed by atoms with Crippen LogP contribution in [0.4, 0.5) is 5.69 Å². The van der Waals surface area contributed by atoms with Gasteiger partial charge in [-0.1, -0.05) is 29.8 Å². The molecule has 2 N–H and O–H groups in total. The second-order valence-electron chi connectivity index (χ2n) is 6.18. The molecule has 0 bridgehead atoms. The van der Waals surface area contributed by atoms with Gasteiger partial charge in [-0.25, -0.2) is 21.6 Å². The fraction of sp³-hybridized carbons (Fsp3) is 0.235. The zero-order chi connectivity index (χ0) is 19.7. The number of hydrogen-bond acceptors (Lipinski definition) is 5. The Hall–Kier alpha value is -1.94. The van der Waals surface area contributed by atoms with Crippen LogP contribution >= 0.6 is 11.6 Å². The predicted octanol–water partition coefficient (Wildman–Crippen LogP) is 2.06. The summed E-state index contributed by atoms with van der Waals surface area (Å²) >= 11 is 6.01. The van der Waals surface area contributed by atoms with Crippen molar-refractivity contribution < 1.29 is 21.6 Å². The summed E-state index contributed by atoms with van der Waals surface area (Å²) in [4.78, 5) is 12.3. The Balaban J connectivity index is 1.78. The molecule has 144 valence electrons. The lowest BCUT2D eigenvalue weighted by molar-refractivity contribution is 0.102. The summed E-state index contributed by atoms with van der Waals surface area (Å²) in [5, 5.41) is 2.98. The summed E-state index contributed by atoms with van der Waals surface area (Å²) in [6.07, 6.45) is 0.230. The van der Waals surface area contributed by atoms with E-state index < -0.39 is 31.8 Å². The lowest BCUT2D eigenvalue weighted by Crippen LogP contribution is -2.35. The van der Waals surface area contributed by atoms with Gasteiger partial charge in [0.25, 0.3) is 5.91 Å². The Morgan fingerprint density at radius 3 is 2.52 bits per heavy atom. The summed E-state index contributed by atoms with van der Waals surface area (Å²) < 4.78 is 50.5. The Labute approximate surface area is 162 Å². The molecule has 7 nitrogen and oxygen atoms in total. The van der Waals surface area contributed by atoms with Crippen LogP contribution in [0.5, 0.6) is 0 Å². The molecule has 2 aromatic carbocycles. The summed E-state index contributed by atoms with van der Waals surface area (Å²) in [7, 11) is -7.17. The number of amides is 1. The van der Waals surface area contributed by atoms with Gasteiger partial charge in [0.2, 0.25) is 10.0 Å². The Bertz CT molecular complexity index is 1080. The van der Waals surface area contributed by atoms with Gasteiger partial charge in [0.05, 0.1) is 27.1 Å². The highest BCUT2D eigenvalue weighted by molar-refractivity contribution is 7.92. The van der Waals surface area contributed by atoms with E-state index in [1.807, 2.05) is 0 Å². The quantitative estimate of drug-likeness (QED) is 0.757. The zero-order valence-electron chi connectivity index (χ0n) is 14.1. The molecule has 0 saturated carbocycles. The molecule has 1 aliphatic rings. The van der Waals surface area contributed by atoms with Crippen LogP contribution in [0.15, 0.2) is 53.4 Å². The average Bonchev–Trinajstić information content (AvgIpc) is 2.95. The molecule has 1 unspecified atom stereocenters. The van der Waals surface area contributed by atoms with Gasteiger partial charge in [-0.2, -0.15) is 0 Å². The molecule has 1 amide bonds. The number of sulfonamides is 1. The highest BCUT2D eigenvalue weighted by Gasteiger charge is 2.31. The second kappa shape index (κ2) is 7.59. The topological polar surface area (TPSA) is 109 Å². The Morgan fingerprint density at radius 2 is 1.85 bits per heavy atom. The predicted molar refractivity (Wildman–Crippen MR) is 103 cm³/mol. The number of nitrogens with one attached hydrogen (secondary N) is 2. The molecule has 10 heteroatoms. The molecule has 1 fully saturated rings. The van der Waals surface area contributed by atoms with Gasteiger partial charge in [-0.05, 0) is 36.8 Å². The molecular formula is C17H17ClN2O5S2. The number of anilines is 1. The normalized spacial score (nSPS) is 18.9. The highest BCUT2D eigenvalue weighted by Crippen LogP contribution is 2.22. The van der Waals surface area contributed by atoms with Crippen molar-refractivity contribution in [3.05, 3.63) is 59.1 Å². The number of carbonyl (C=O) groups excluding carboxylic acids is 1. The van der Waals surface area contributed by atoms with E-state index in [-0.39, 0.29) is 28.4 Å². The van der Waals surface area contributed by atoms with E-state index in [4.69, 9.17) is 11.6 Å². The molecule has 1 aliphatic heterocycles. The standard InChI is InChI=1S/C17H17ClN2O5S2/c18-15-6-1-2-7-16(15)19-17(21)12-4-3-5-14(10-12)27(24,25)20-13-8-9-26(22,23)11-13/h1-7,10,13,20H,8-9,11H2,(H,19,21).